The second-order valence-corrected chi connectivity index (χ2v) is 7.16. The number of aryl methyl sites for hydroxylation is 1. The molecule has 1 nitrogen and oxygen atoms in total. The highest BCUT2D eigenvalue weighted by Gasteiger charge is 2.15. The summed E-state index contributed by atoms with van der Waals surface area (Å²) >= 11 is 14.8. The van der Waals surface area contributed by atoms with Crippen LogP contribution in [0.3, 0.4) is 0 Å². The first-order valence-electron chi connectivity index (χ1n) is 4.95. The van der Waals surface area contributed by atoms with Crippen molar-refractivity contribution in [3.63, 3.8) is 0 Å². The molecule has 0 aliphatic heterocycles. The molecule has 1 atom stereocenters. The van der Waals surface area contributed by atoms with Crippen molar-refractivity contribution in [2.45, 2.75) is 13.0 Å². The van der Waals surface area contributed by atoms with E-state index in [0.29, 0.717) is 5.02 Å². The largest absolute Gasteiger partial charge is 0.320 e. The van der Waals surface area contributed by atoms with Crippen LogP contribution in [0, 0.1) is 6.92 Å². The Balaban J connectivity index is 2.39. The highest BCUT2D eigenvalue weighted by Crippen LogP contribution is 2.35. The number of nitrogens with two attached hydrogens (primary N) is 1. The minimum atomic E-state index is -0.175. The summed E-state index contributed by atoms with van der Waals surface area (Å²) in [4.78, 5) is 2.34. The van der Waals surface area contributed by atoms with Crippen molar-refractivity contribution in [2.24, 2.45) is 5.73 Å². The Labute approximate surface area is 126 Å². The van der Waals surface area contributed by atoms with E-state index < -0.39 is 0 Å². The summed E-state index contributed by atoms with van der Waals surface area (Å²) in [6.45, 7) is 2.06. The molecule has 0 spiro atoms. The Morgan fingerprint density at radius 2 is 2.00 bits per heavy atom. The fourth-order valence-electron chi connectivity index (χ4n) is 1.54. The minimum Gasteiger partial charge on any atom is -0.320 e. The molecule has 0 saturated carbocycles. The summed E-state index contributed by atoms with van der Waals surface area (Å²) < 4.78 is 2.06. The molecule has 0 aliphatic carbocycles. The van der Waals surface area contributed by atoms with E-state index in [2.05, 4.69) is 44.8 Å². The van der Waals surface area contributed by atoms with Gasteiger partial charge in [0.1, 0.15) is 0 Å². The third-order valence-electron chi connectivity index (χ3n) is 2.48. The van der Waals surface area contributed by atoms with Crippen LogP contribution in [0.1, 0.15) is 21.4 Å². The van der Waals surface area contributed by atoms with Gasteiger partial charge in [0.15, 0.2) is 0 Å². The van der Waals surface area contributed by atoms with Gasteiger partial charge in [-0.1, -0.05) is 33.6 Å². The molecular formula is C12H10Br2ClNS. The van der Waals surface area contributed by atoms with E-state index in [1.54, 1.807) is 11.3 Å². The van der Waals surface area contributed by atoms with E-state index in [1.807, 2.05) is 18.2 Å². The third-order valence-corrected chi connectivity index (χ3v) is 5.52. The normalized spacial score (nSPS) is 12.8. The third kappa shape index (κ3) is 2.93. The Kier molecular flexibility index (Phi) is 4.31. The molecule has 1 heterocycles. The number of hydrogen-bond acceptors (Lipinski definition) is 2. The fraction of sp³-hybridized carbons (Fsp3) is 0.167. The lowest BCUT2D eigenvalue weighted by Crippen LogP contribution is -2.10. The average molecular weight is 396 g/mol. The molecule has 90 valence electrons. The van der Waals surface area contributed by atoms with E-state index in [9.17, 15) is 0 Å². The van der Waals surface area contributed by atoms with Crippen molar-refractivity contribution in [2.75, 3.05) is 0 Å². The first-order valence-corrected chi connectivity index (χ1v) is 7.73. The molecule has 0 aliphatic rings. The lowest BCUT2D eigenvalue weighted by molar-refractivity contribution is 0.893. The van der Waals surface area contributed by atoms with Gasteiger partial charge in [-0.2, -0.15) is 0 Å². The van der Waals surface area contributed by atoms with Gasteiger partial charge >= 0.3 is 0 Å². The second kappa shape index (κ2) is 5.41. The average Bonchev–Trinajstić information content (AvgIpc) is 2.58. The van der Waals surface area contributed by atoms with Crippen LogP contribution >= 0.6 is 54.8 Å². The van der Waals surface area contributed by atoms with Crippen LogP contribution in [-0.4, -0.2) is 0 Å². The van der Waals surface area contributed by atoms with Crippen molar-refractivity contribution in [3.8, 4) is 0 Å². The maximum Gasteiger partial charge on any atom is 0.0661 e. The predicted molar refractivity (Wildman–Crippen MR) is 81.9 cm³/mol. The van der Waals surface area contributed by atoms with E-state index in [4.69, 9.17) is 17.3 Å². The van der Waals surface area contributed by atoms with Crippen molar-refractivity contribution in [1.29, 1.82) is 0 Å². The van der Waals surface area contributed by atoms with Gasteiger partial charge in [-0.05, 0) is 46.6 Å². The van der Waals surface area contributed by atoms with Crippen LogP contribution in [0.25, 0.3) is 0 Å². The molecule has 0 bridgehead atoms. The highest BCUT2D eigenvalue weighted by atomic mass is 79.9. The number of halogens is 3. The Morgan fingerprint density at radius 3 is 2.53 bits per heavy atom. The van der Waals surface area contributed by atoms with Gasteiger partial charge in [-0.25, -0.2) is 0 Å². The number of hydrogen-bond donors (Lipinski definition) is 1. The zero-order chi connectivity index (χ0) is 12.6. The molecule has 0 radical (unpaired) electrons. The van der Waals surface area contributed by atoms with E-state index in [-0.39, 0.29) is 6.04 Å². The quantitative estimate of drug-likeness (QED) is 0.735. The van der Waals surface area contributed by atoms with Gasteiger partial charge in [0.25, 0.3) is 0 Å². The summed E-state index contributed by atoms with van der Waals surface area (Å²) in [5.41, 5.74) is 7.19. The molecule has 2 rings (SSSR count). The maximum absolute atomic E-state index is 6.24. The molecule has 1 aromatic carbocycles. The van der Waals surface area contributed by atoms with Crippen molar-refractivity contribution in [3.05, 3.63) is 53.6 Å². The van der Waals surface area contributed by atoms with Crippen LogP contribution in [0.15, 0.2) is 33.2 Å². The van der Waals surface area contributed by atoms with Crippen LogP contribution in [0.4, 0.5) is 0 Å². The van der Waals surface area contributed by atoms with Gasteiger partial charge < -0.3 is 5.73 Å². The molecular weight excluding hydrogens is 385 g/mol. The van der Waals surface area contributed by atoms with Crippen LogP contribution in [-0.2, 0) is 0 Å². The molecule has 17 heavy (non-hydrogen) atoms. The monoisotopic (exact) mass is 393 g/mol. The second-order valence-electron chi connectivity index (χ2n) is 3.70. The Bertz CT molecular complexity index is 534. The molecule has 5 heteroatoms. The molecule has 0 fully saturated rings. The van der Waals surface area contributed by atoms with Crippen LogP contribution in [0.2, 0.25) is 5.02 Å². The first-order chi connectivity index (χ1) is 7.99. The van der Waals surface area contributed by atoms with Crippen LogP contribution < -0.4 is 5.73 Å². The van der Waals surface area contributed by atoms with E-state index in [0.717, 1.165) is 19.4 Å². The number of thiophene rings is 1. The van der Waals surface area contributed by atoms with Gasteiger partial charge in [-0.3, -0.25) is 0 Å². The fourth-order valence-corrected chi connectivity index (χ4v) is 3.91. The van der Waals surface area contributed by atoms with Crippen molar-refractivity contribution >= 4 is 54.8 Å². The topological polar surface area (TPSA) is 26.0 Å². The van der Waals surface area contributed by atoms with E-state index >= 15 is 0 Å². The molecule has 2 N–H and O–H groups in total. The van der Waals surface area contributed by atoms with Gasteiger partial charge in [0.2, 0.25) is 0 Å². The highest BCUT2D eigenvalue weighted by molar-refractivity contribution is 9.10. The van der Waals surface area contributed by atoms with Gasteiger partial charge in [0.05, 0.1) is 6.04 Å². The summed E-state index contributed by atoms with van der Waals surface area (Å²) in [7, 11) is 0. The SMILES string of the molecule is Cc1sc(C(N)c2ccc(Br)cc2Cl)cc1Br. The summed E-state index contributed by atoms with van der Waals surface area (Å²) in [5, 5.41) is 0.689. The van der Waals surface area contributed by atoms with Crippen molar-refractivity contribution < 1.29 is 0 Å². The van der Waals surface area contributed by atoms with Crippen molar-refractivity contribution in [1.82, 2.24) is 0 Å². The molecule has 1 aromatic heterocycles. The predicted octanol–water partition coefficient (Wildman–Crippen LogP) is 5.28. The van der Waals surface area contributed by atoms with Gasteiger partial charge in [-0.15, -0.1) is 11.3 Å². The summed E-state index contributed by atoms with van der Waals surface area (Å²) in [5.74, 6) is 0. The zero-order valence-electron chi connectivity index (χ0n) is 9.01. The van der Waals surface area contributed by atoms with Gasteiger partial charge in [0, 0.05) is 23.7 Å². The summed E-state index contributed by atoms with van der Waals surface area (Å²) in [6.07, 6.45) is 0. The first kappa shape index (κ1) is 13.6. The smallest absolute Gasteiger partial charge is 0.0661 e. The van der Waals surface area contributed by atoms with E-state index in [1.165, 1.54) is 4.88 Å². The lowest BCUT2D eigenvalue weighted by atomic mass is 10.1. The minimum absolute atomic E-state index is 0.175. The Morgan fingerprint density at radius 1 is 1.29 bits per heavy atom. The molecule has 2 aromatic rings. The number of benzene rings is 1. The maximum atomic E-state index is 6.24. The Hall–Kier alpha value is 0.130. The molecule has 0 amide bonds. The molecule has 1 unspecified atom stereocenters. The van der Waals surface area contributed by atoms with Crippen LogP contribution in [0.5, 0.6) is 0 Å². The standard InChI is InChI=1S/C12H10Br2ClNS/c1-6-9(14)5-11(17-6)12(16)8-3-2-7(13)4-10(8)15/h2-5,12H,16H2,1H3. The zero-order valence-corrected chi connectivity index (χ0v) is 13.8. The lowest BCUT2D eigenvalue weighted by Gasteiger charge is -2.12. The molecule has 0 saturated heterocycles. The number of rotatable bonds is 2. The summed E-state index contributed by atoms with van der Waals surface area (Å²) in [6, 6.07) is 7.66.